The summed E-state index contributed by atoms with van der Waals surface area (Å²) in [7, 11) is 0. The summed E-state index contributed by atoms with van der Waals surface area (Å²) in [6.45, 7) is 4.04. The predicted molar refractivity (Wildman–Crippen MR) is 119 cm³/mol. The van der Waals surface area contributed by atoms with Crippen molar-refractivity contribution in [2.24, 2.45) is 23.7 Å². The Kier molecular flexibility index (Phi) is 8.58. The Bertz CT molecular complexity index is 848. The summed E-state index contributed by atoms with van der Waals surface area (Å²) in [4.78, 5) is 29.3. The second-order valence-corrected chi connectivity index (χ2v) is 9.06. The minimum atomic E-state index is -0.632. The SMILES string of the molecule is C[C@H]1C[C@@H]1C(=O)Nc1cc(Br)ccn1.C[C@H]1C[C@@H]1C(=O)O.Nc1cc(Br)ccn1. The number of amides is 1. The van der Waals surface area contributed by atoms with Crippen molar-refractivity contribution in [2.75, 3.05) is 11.1 Å². The first-order valence-electron chi connectivity index (χ1n) is 9.19. The molecule has 2 aromatic heterocycles. The number of nitrogen functional groups attached to an aromatic ring is 1. The van der Waals surface area contributed by atoms with Gasteiger partial charge in [0.15, 0.2) is 0 Å². The van der Waals surface area contributed by atoms with Crippen molar-refractivity contribution in [2.45, 2.75) is 26.7 Å². The summed E-state index contributed by atoms with van der Waals surface area (Å²) in [6, 6.07) is 7.21. The van der Waals surface area contributed by atoms with Crippen LogP contribution in [-0.2, 0) is 9.59 Å². The van der Waals surface area contributed by atoms with Gasteiger partial charge in [-0.15, -0.1) is 0 Å². The lowest BCUT2D eigenvalue weighted by molar-refractivity contribution is -0.138. The topological polar surface area (TPSA) is 118 Å². The Morgan fingerprint density at radius 2 is 1.55 bits per heavy atom. The predicted octanol–water partition coefficient (Wildman–Crippen LogP) is 4.59. The number of rotatable bonds is 3. The Morgan fingerprint density at radius 3 is 1.90 bits per heavy atom. The Morgan fingerprint density at radius 1 is 1.03 bits per heavy atom. The molecular formula is C20H24Br2N4O3. The van der Waals surface area contributed by atoms with Crippen LogP contribution in [0.1, 0.15) is 26.7 Å². The zero-order chi connectivity index (χ0) is 21.6. The fraction of sp³-hybridized carbons (Fsp3) is 0.400. The van der Waals surface area contributed by atoms with Gasteiger partial charge in [0.2, 0.25) is 5.91 Å². The van der Waals surface area contributed by atoms with E-state index in [2.05, 4.69) is 54.1 Å². The minimum absolute atomic E-state index is 0.0139. The number of carbonyl (C=O) groups is 2. The van der Waals surface area contributed by atoms with Crippen molar-refractivity contribution in [1.82, 2.24) is 9.97 Å². The van der Waals surface area contributed by atoms with Crippen molar-refractivity contribution in [3.8, 4) is 0 Å². The number of halogens is 2. The molecular weight excluding hydrogens is 504 g/mol. The van der Waals surface area contributed by atoms with Gasteiger partial charge in [-0.25, -0.2) is 9.97 Å². The number of anilines is 2. The number of carboxylic acid groups (broad SMARTS) is 1. The number of nitrogens with zero attached hydrogens (tertiary/aromatic N) is 2. The van der Waals surface area contributed by atoms with Gasteiger partial charge in [0.1, 0.15) is 11.6 Å². The van der Waals surface area contributed by atoms with Crippen LogP contribution in [-0.4, -0.2) is 27.0 Å². The van der Waals surface area contributed by atoms with Crippen LogP contribution >= 0.6 is 31.9 Å². The molecule has 0 bridgehead atoms. The first kappa shape index (κ1) is 23.3. The number of hydrogen-bond acceptors (Lipinski definition) is 5. The second kappa shape index (κ2) is 10.7. The standard InChI is InChI=1S/C10H11BrN2O.C5H5BrN2.C5H8O2/c1-6-4-8(6)10(14)13-9-5-7(11)2-3-12-9;6-4-1-2-8-5(7)3-4;1-3-2-4(3)5(6)7/h2-3,5-6,8H,4H2,1H3,(H,12,13,14);1-3H,(H2,7,8);3-4H,2H2,1H3,(H,6,7)/t6-,8-;;3-,4-/m0.0/s1. The third kappa shape index (κ3) is 8.49. The van der Waals surface area contributed by atoms with Crippen molar-refractivity contribution < 1.29 is 14.7 Å². The average Bonchev–Trinajstić information content (AvgIpc) is 3.54. The lowest BCUT2D eigenvalue weighted by Gasteiger charge is -2.02. The smallest absolute Gasteiger partial charge is 0.306 e. The number of aliphatic carboxylic acids is 1. The molecule has 0 aromatic carbocycles. The molecule has 2 aliphatic rings. The number of carboxylic acids is 1. The Balaban J connectivity index is 0.000000170. The van der Waals surface area contributed by atoms with E-state index in [0.29, 0.717) is 23.5 Å². The van der Waals surface area contributed by atoms with Crippen molar-refractivity contribution in [3.05, 3.63) is 45.6 Å². The number of pyridine rings is 2. The van der Waals surface area contributed by atoms with E-state index in [0.717, 1.165) is 21.8 Å². The fourth-order valence-electron chi connectivity index (χ4n) is 2.47. The quantitative estimate of drug-likeness (QED) is 0.537. The van der Waals surface area contributed by atoms with Gasteiger partial charge in [0.05, 0.1) is 5.92 Å². The van der Waals surface area contributed by atoms with Crippen molar-refractivity contribution in [3.63, 3.8) is 0 Å². The monoisotopic (exact) mass is 526 g/mol. The molecule has 2 saturated carbocycles. The molecule has 2 fully saturated rings. The van der Waals surface area contributed by atoms with Crippen LogP contribution in [0.15, 0.2) is 45.6 Å². The Hall–Kier alpha value is -2.00. The van der Waals surface area contributed by atoms with E-state index >= 15 is 0 Å². The summed E-state index contributed by atoms with van der Waals surface area (Å²) in [5.41, 5.74) is 5.32. The molecule has 9 heteroatoms. The van der Waals surface area contributed by atoms with Crippen LogP contribution in [0.5, 0.6) is 0 Å². The van der Waals surface area contributed by atoms with E-state index in [1.165, 1.54) is 0 Å². The van der Waals surface area contributed by atoms with Gasteiger partial charge >= 0.3 is 5.97 Å². The largest absolute Gasteiger partial charge is 0.481 e. The van der Waals surface area contributed by atoms with E-state index in [1.54, 1.807) is 24.5 Å². The molecule has 0 radical (unpaired) electrons. The third-order valence-electron chi connectivity index (χ3n) is 4.59. The van der Waals surface area contributed by atoms with Crippen LogP contribution < -0.4 is 11.1 Å². The number of nitrogens with two attached hydrogens (primary N) is 1. The van der Waals surface area contributed by atoms with Crippen molar-refractivity contribution in [1.29, 1.82) is 0 Å². The summed E-state index contributed by atoms with van der Waals surface area (Å²) in [6.07, 6.45) is 5.20. The molecule has 4 atom stereocenters. The number of aromatic nitrogens is 2. The summed E-state index contributed by atoms with van der Waals surface area (Å²) in [5, 5.41) is 11.0. The zero-order valence-electron chi connectivity index (χ0n) is 16.2. The molecule has 0 unspecified atom stereocenters. The summed E-state index contributed by atoms with van der Waals surface area (Å²) in [5.74, 6) is 1.76. The molecule has 2 heterocycles. The van der Waals surface area contributed by atoms with E-state index in [-0.39, 0.29) is 17.7 Å². The maximum absolute atomic E-state index is 11.5. The highest BCUT2D eigenvalue weighted by molar-refractivity contribution is 9.10. The van der Waals surface area contributed by atoms with Gasteiger partial charge in [-0.1, -0.05) is 45.7 Å². The highest BCUT2D eigenvalue weighted by Crippen LogP contribution is 2.38. The molecule has 4 N–H and O–H groups in total. The molecule has 0 aliphatic heterocycles. The minimum Gasteiger partial charge on any atom is -0.481 e. The normalized spacial score (nSPS) is 23.4. The number of nitrogens with one attached hydrogen (secondary N) is 1. The van der Waals surface area contributed by atoms with E-state index in [1.807, 2.05) is 19.1 Å². The molecule has 2 aliphatic carbocycles. The molecule has 156 valence electrons. The van der Waals surface area contributed by atoms with Gasteiger partial charge in [0.25, 0.3) is 0 Å². The lowest BCUT2D eigenvalue weighted by Crippen LogP contribution is -2.15. The number of hydrogen-bond donors (Lipinski definition) is 3. The maximum Gasteiger partial charge on any atom is 0.306 e. The third-order valence-corrected chi connectivity index (χ3v) is 5.58. The average molecular weight is 528 g/mol. The van der Waals surface area contributed by atoms with E-state index in [4.69, 9.17) is 10.8 Å². The van der Waals surface area contributed by atoms with E-state index in [9.17, 15) is 9.59 Å². The second-order valence-electron chi connectivity index (χ2n) is 7.22. The van der Waals surface area contributed by atoms with Crippen LogP contribution in [0.25, 0.3) is 0 Å². The fourth-order valence-corrected chi connectivity index (χ4v) is 3.15. The molecule has 1 amide bonds. The highest BCUT2D eigenvalue weighted by Gasteiger charge is 2.39. The summed E-state index contributed by atoms with van der Waals surface area (Å²) < 4.78 is 1.89. The van der Waals surface area contributed by atoms with Gasteiger partial charge < -0.3 is 16.2 Å². The lowest BCUT2D eigenvalue weighted by atomic mass is 10.3. The molecule has 4 rings (SSSR count). The molecule has 2 aromatic rings. The maximum atomic E-state index is 11.5. The first-order chi connectivity index (χ1) is 13.7. The molecule has 29 heavy (non-hydrogen) atoms. The van der Waals surface area contributed by atoms with Crippen LogP contribution in [0.2, 0.25) is 0 Å². The van der Waals surface area contributed by atoms with E-state index < -0.39 is 5.97 Å². The molecule has 0 spiro atoms. The van der Waals surface area contributed by atoms with Crippen LogP contribution in [0, 0.1) is 23.7 Å². The molecule has 7 nitrogen and oxygen atoms in total. The van der Waals surface area contributed by atoms with Gasteiger partial charge in [-0.3, -0.25) is 9.59 Å². The van der Waals surface area contributed by atoms with Gasteiger partial charge in [0, 0.05) is 27.3 Å². The number of carbonyl (C=O) groups excluding carboxylic acids is 1. The van der Waals surface area contributed by atoms with Gasteiger partial charge in [-0.2, -0.15) is 0 Å². The highest BCUT2D eigenvalue weighted by atomic mass is 79.9. The van der Waals surface area contributed by atoms with Crippen LogP contribution in [0.4, 0.5) is 11.6 Å². The van der Waals surface area contributed by atoms with Crippen molar-refractivity contribution >= 4 is 55.4 Å². The summed E-state index contributed by atoms with van der Waals surface area (Å²) >= 11 is 6.57. The zero-order valence-corrected chi connectivity index (χ0v) is 19.4. The Labute approximate surface area is 186 Å². The van der Waals surface area contributed by atoms with Gasteiger partial charge in [-0.05, 0) is 48.9 Å². The molecule has 0 saturated heterocycles. The van der Waals surface area contributed by atoms with Crippen LogP contribution in [0.3, 0.4) is 0 Å². The first-order valence-corrected chi connectivity index (χ1v) is 10.8.